The van der Waals surface area contributed by atoms with Gasteiger partial charge in [-0.25, -0.2) is 15.0 Å². The van der Waals surface area contributed by atoms with Gasteiger partial charge in [-0.05, 0) is 6.92 Å². The Morgan fingerprint density at radius 3 is 2.91 bits per heavy atom. The van der Waals surface area contributed by atoms with Gasteiger partial charge >= 0.3 is 0 Å². The van der Waals surface area contributed by atoms with Gasteiger partial charge in [0.2, 0.25) is 0 Å². The lowest BCUT2D eigenvalue weighted by Gasteiger charge is -2.08. The maximum Gasteiger partial charge on any atom is 0.188 e. The fraction of sp³-hybridized carbons (Fsp3) is 0.385. The van der Waals surface area contributed by atoms with Gasteiger partial charge < -0.3 is 16.4 Å². The smallest absolute Gasteiger partial charge is 0.188 e. The second kappa shape index (κ2) is 8.51. The molecule has 0 saturated heterocycles. The third-order valence-electron chi connectivity index (χ3n) is 2.77. The third kappa shape index (κ3) is 4.83. The zero-order valence-corrected chi connectivity index (χ0v) is 15.0. The second-order valence-electron chi connectivity index (χ2n) is 4.74. The van der Waals surface area contributed by atoms with Crippen molar-refractivity contribution in [1.29, 1.82) is 0 Å². The maximum absolute atomic E-state index is 5.73. The van der Waals surface area contributed by atoms with E-state index in [2.05, 4.69) is 37.3 Å². The lowest BCUT2D eigenvalue weighted by molar-refractivity contribution is 0.785. The Kier molecular flexibility index (Phi) is 7.02. The molecule has 9 heteroatoms. The highest BCUT2D eigenvalue weighted by atomic mass is 127. The number of nitrogens with zero attached hydrogens (tertiary/aromatic N) is 5. The molecule has 2 aromatic rings. The van der Waals surface area contributed by atoms with E-state index in [-0.39, 0.29) is 24.0 Å². The van der Waals surface area contributed by atoms with Gasteiger partial charge in [0.1, 0.15) is 12.1 Å². The Morgan fingerprint density at radius 2 is 2.18 bits per heavy atom. The monoisotopic (exact) mass is 416 g/mol. The number of anilines is 1. The molecule has 0 aliphatic heterocycles. The van der Waals surface area contributed by atoms with Crippen LogP contribution in [-0.2, 0) is 7.05 Å². The molecule has 0 saturated carbocycles. The minimum atomic E-state index is 0. The lowest BCUT2D eigenvalue weighted by Crippen LogP contribution is -2.35. The Morgan fingerprint density at radius 1 is 1.41 bits per heavy atom. The number of guanidine groups is 1. The minimum Gasteiger partial charge on any atom is -0.370 e. The van der Waals surface area contributed by atoms with Gasteiger partial charge in [-0.1, -0.05) is 12.2 Å². The van der Waals surface area contributed by atoms with Gasteiger partial charge in [0.15, 0.2) is 11.6 Å². The number of hydrogen-bond acceptors (Lipinski definition) is 5. The Bertz CT molecular complexity index is 663. The summed E-state index contributed by atoms with van der Waals surface area (Å²) in [5.74, 6) is 1.17. The maximum atomic E-state index is 5.73. The van der Waals surface area contributed by atoms with E-state index < -0.39 is 0 Å². The van der Waals surface area contributed by atoms with Crippen LogP contribution in [0.1, 0.15) is 6.92 Å². The van der Waals surface area contributed by atoms with Gasteiger partial charge in [-0.2, -0.15) is 5.10 Å². The van der Waals surface area contributed by atoms with E-state index in [1.165, 1.54) is 6.33 Å². The fourth-order valence-electron chi connectivity index (χ4n) is 1.75. The van der Waals surface area contributed by atoms with Gasteiger partial charge in [-0.15, -0.1) is 24.0 Å². The van der Waals surface area contributed by atoms with Crippen molar-refractivity contribution >= 4 is 46.8 Å². The molecule has 4 N–H and O–H groups in total. The SMILES string of the molecule is C=C(C)CN=C(N)NCCNc1ncnc2c1cnn2C.I. The number of fused-ring (bicyclic) bond motifs is 1. The zero-order valence-electron chi connectivity index (χ0n) is 12.7. The van der Waals surface area contributed by atoms with Crippen LogP contribution in [0.5, 0.6) is 0 Å². The summed E-state index contributed by atoms with van der Waals surface area (Å²) in [4.78, 5) is 12.5. The van der Waals surface area contributed by atoms with E-state index >= 15 is 0 Å². The van der Waals surface area contributed by atoms with Crippen LogP contribution >= 0.6 is 24.0 Å². The van der Waals surface area contributed by atoms with E-state index in [0.717, 1.165) is 22.4 Å². The van der Waals surface area contributed by atoms with E-state index in [4.69, 9.17) is 5.73 Å². The molecular formula is C13H21IN8. The summed E-state index contributed by atoms with van der Waals surface area (Å²) in [7, 11) is 1.85. The van der Waals surface area contributed by atoms with Gasteiger partial charge in [0.05, 0.1) is 18.1 Å². The summed E-state index contributed by atoms with van der Waals surface area (Å²) in [6, 6.07) is 0. The molecule has 0 unspecified atom stereocenters. The molecule has 2 heterocycles. The lowest BCUT2D eigenvalue weighted by atomic mass is 10.4. The molecule has 2 rings (SSSR count). The first-order valence-corrected chi connectivity index (χ1v) is 6.62. The van der Waals surface area contributed by atoms with Crippen LogP contribution in [0.4, 0.5) is 5.82 Å². The van der Waals surface area contributed by atoms with Crippen molar-refractivity contribution in [3.63, 3.8) is 0 Å². The molecule has 0 atom stereocenters. The van der Waals surface area contributed by atoms with Crippen LogP contribution in [-0.4, -0.2) is 45.3 Å². The molecule has 0 radical (unpaired) electrons. The summed E-state index contributed by atoms with van der Waals surface area (Å²) < 4.78 is 1.71. The van der Waals surface area contributed by atoms with Crippen molar-refractivity contribution < 1.29 is 0 Å². The van der Waals surface area contributed by atoms with Crippen LogP contribution in [0.25, 0.3) is 11.0 Å². The summed E-state index contributed by atoms with van der Waals surface area (Å²) in [6.07, 6.45) is 3.26. The number of nitrogens with two attached hydrogens (primary N) is 1. The number of rotatable bonds is 6. The molecule has 2 aromatic heterocycles. The van der Waals surface area contributed by atoms with Crippen molar-refractivity contribution in [3.05, 3.63) is 24.7 Å². The molecule has 0 spiro atoms. The molecule has 0 aliphatic rings. The molecule has 120 valence electrons. The quantitative estimate of drug-likeness (QED) is 0.212. The summed E-state index contributed by atoms with van der Waals surface area (Å²) in [5.41, 5.74) is 7.49. The summed E-state index contributed by atoms with van der Waals surface area (Å²) in [6.45, 7) is 7.51. The van der Waals surface area contributed by atoms with Gasteiger partial charge in [0, 0.05) is 20.1 Å². The van der Waals surface area contributed by atoms with Crippen molar-refractivity contribution in [2.75, 3.05) is 25.0 Å². The first-order valence-electron chi connectivity index (χ1n) is 6.62. The summed E-state index contributed by atoms with van der Waals surface area (Å²) in [5, 5.41) is 11.3. The highest BCUT2D eigenvalue weighted by molar-refractivity contribution is 14.0. The molecule has 0 aromatic carbocycles. The van der Waals surface area contributed by atoms with Crippen molar-refractivity contribution in [1.82, 2.24) is 25.1 Å². The molecule has 8 nitrogen and oxygen atoms in total. The second-order valence-corrected chi connectivity index (χ2v) is 4.74. The van der Waals surface area contributed by atoms with Crippen molar-refractivity contribution in [2.24, 2.45) is 17.8 Å². The van der Waals surface area contributed by atoms with Crippen LogP contribution in [0, 0.1) is 0 Å². The van der Waals surface area contributed by atoms with E-state index in [1.54, 1.807) is 10.9 Å². The minimum absolute atomic E-state index is 0. The topological polar surface area (TPSA) is 106 Å². The van der Waals surface area contributed by atoms with Crippen LogP contribution in [0.15, 0.2) is 29.7 Å². The molecular weight excluding hydrogens is 395 g/mol. The number of aromatic nitrogens is 4. The van der Waals surface area contributed by atoms with Crippen molar-refractivity contribution in [2.45, 2.75) is 6.92 Å². The molecule has 0 bridgehead atoms. The predicted octanol–water partition coefficient (Wildman–Crippen LogP) is 0.874. The Balaban J connectivity index is 0.00000242. The Labute approximate surface area is 146 Å². The molecule has 0 amide bonds. The number of hydrogen-bond donors (Lipinski definition) is 3. The van der Waals surface area contributed by atoms with E-state index in [1.807, 2.05) is 14.0 Å². The Hall–Kier alpha value is -1.91. The van der Waals surface area contributed by atoms with Gasteiger partial charge in [0.25, 0.3) is 0 Å². The van der Waals surface area contributed by atoms with E-state index in [9.17, 15) is 0 Å². The average Bonchev–Trinajstić information content (AvgIpc) is 2.84. The fourth-order valence-corrected chi connectivity index (χ4v) is 1.75. The van der Waals surface area contributed by atoms with E-state index in [0.29, 0.717) is 25.6 Å². The largest absolute Gasteiger partial charge is 0.370 e. The molecule has 0 aliphatic carbocycles. The molecule has 0 fully saturated rings. The van der Waals surface area contributed by atoms with Crippen LogP contribution in [0.2, 0.25) is 0 Å². The first kappa shape index (κ1) is 18.1. The average molecular weight is 416 g/mol. The number of nitrogens with one attached hydrogen (secondary N) is 2. The van der Waals surface area contributed by atoms with Crippen LogP contribution < -0.4 is 16.4 Å². The number of halogens is 1. The zero-order chi connectivity index (χ0) is 15.2. The van der Waals surface area contributed by atoms with Crippen molar-refractivity contribution in [3.8, 4) is 0 Å². The molecule has 22 heavy (non-hydrogen) atoms. The number of aliphatic imine (C=N–C) groups is 1. The highest BCUT2D eigenvalue weighted by Crippen LogP contribution is 2.16. The first-order chi connectivity index (χ1) is 10.1. The predicted molar refractivity (Wildman–Crippen MR) is 99.5 cm³/mol. The standard InChI is InChI=1S/C13H20N8.HI/c1-9(2)6-17-13(14)16-5-4-15-11-10-7-20-21(3)12(10)19-8-18-11;/h7-8H,1,4-6H2,2-3H3,(H3,14,16,17)(H,15,18,19);1H. The third-order valence-corrected chi connectivity index (χ3v) is 2.77. The van der Waals surface area contributed by atoms with Crippen LogP contribution in [0.3, 0.4) is 0 Å². The number of aryl methyl sites for hydroxylation is 1. The summed E-state index contributed by atoms with van der Waals surface area (Å²) >= 11 is 0. The van der Waals surface area contributed by atoms with Gasteiger partial charge in [-0.3, -0.25) is 4.68 Å². The highest BCUT2D eigenvalue weighted by Gasteiger charge is 2.06. The normalized spacial score (nSPS) is 11.1.